The van der Waals surface area contributed by atoms with Crippen molar-refractivity contribution in [2.75, 3.05) is 31.3 Å². The number of carbonyl (C=O) groups is 1. The minimum Gasteiger partial charge on any atom is -0.494 e. The Morgan fingerprint density at radius 2 is 1.80 bits per heavy atom. The fourth-order valence-electron chi connectivity index (χ4n) is 3.35. The molecule has 0 unspecified atom stereocenters. The predicted molar refractivity (Wildman–Crippen MR) is 93.7 cm³/mol. The number of hydrogen-bond acceptors (Lipinski definition) is 4. The molecule has 2 aliphatic rings. The molecule has 130 valence electrons. The van der Waals surface area contributed by atoms with Crippen molar-refractivity contribution in [3.63, 3.8) is 0 Å². The van der Waals surface area contributed by atoms with Gasteiger partial charge in [0.25, 0.3) is 11.7 Å². The Morgan fingerprint density at radius 3 is 2.56 bits per heavy atom. The van der Waals surface area contributed by atoms with Gasteiger partial charge in [0, 0.05) is 12.1 Å². The molecule has 1 saturated heterocycles. The average Bonchev–Trinajstić information content (AvgIpc) is 3.21. The summed E-state index contributed by atoms with van der Waals surface area (Å²) in [6.45, 7) is 4.03. The summed E-state index contributed by atoms with van der Waals surface area (Å²) in [6, 6.07) is 15.6. The molecule has 2 heterocycles. The third-order valence-corrected chi connectivity index (χ3v) is 4.59. The van der Waals surface area contributed by atoms with Crippen LogP contribution in [0.25, 0.3) is 0 Å². The van der Waals surface area contributed by atoms with Crippen molar-refractivity contribution in [2.24, 2.45) is 0 Å². The lowest BCUT2D eigenvalue weighted by Gasteiger charge is -2.22. The van der Waals surface area contributed by atoms with Crippen molar-refractivity contribution >= 4 is 11.6 Å². The molecule has 1 fully saturated rings. The van der Waals surface area contributed by atoms with E-state index in [0.29, 0.717) is 26.4 Å². The number of benzene rings is 2. The second-order valence-corrected chi connectivity index (χ2v) is 6.30. The molecule has 2 aromatic carbocycles. The molecular formula is C20H21NO4. The number of ether oxygens (including phenoxy) is 3. The van der Waals surface area contributed by atoms with Crippen molar-refractivity contribution in [1.82, 2.24) is 0 Å². The molecule has 2 aliphatic heterocycles. The van der Waals surface area contributed by atoms with Gasteiger partial charge in [0.2, 0.25) is 0 Å². The van der Waals surface area contributed by atoms with E-state index in [4.69, 9.17) is 14.2 Å². The van der Waals surface area contributed by atoms with Gasteiger partial charge in [-0.25, -0.2) is 0 Å². The summed E-state index contributed by atoms with van der Waals surface area (Å²) in [5.41, 5.74) is 2.87. The number of hydrogen-bond donors (Lipinski definition) is 0. The second-order valence-electron chi connectivity index (χ2n) is 6.30. The van der Waals surface area contributed by atoms with Crippen LogP contribution in [0.5, 0.6) is 5.75 Å². The van der Waals surface area contributed by atoms with E-state index in [1.54, 1.807) is 4.90 Å². The molecule has 5 nitrogen and oxygen atoms in total. The van der Waals surface area contributed by atoms with E-state index in [1.165, 1.54) is 5.56 Å². The van der Waals surface area contributed by atoms with Crippen LogP contribution in [0.1, 0.15) is 17.5 Å². The zero-order valence-corrected chi connectivity index (χ0v) is 14.2. The van der Waals surface area contributed by atoms with Crippen LogP contribution in [0.3, 0.4) is 0 Å². The van der Waals surface area contributed by atoms with E-state index in [0.717, 1.165) is 23.4 Å². The monoisotopic (exact) mass is 339 g/mol. The van der Waals surface area contributed by atoms with Crippen LogP contribution >= 0.6 is 0 Å². The molecule has 5 heteroatoms. The predicted octanol–water partition coefficient (Wildman–Crippen LogP) is 3.01. The molecule has 0 N–H and O–H groups in total. The number of nitrogens with zero attached hydrogens (tertiary/aromatic N) is 1. The van der Waals surface area contributed by atoms with E-state index < -0.39 is 5.79 Å². The highest BCUT2D eigenvalue weighted by Crippen LogP contribution is 2.45. The Bertz CT molecular complexity index is 766. The van der Waals surface area contributed by atoms with E-state index in [1.807, 2.05) is 55.5 Å². The molecular weight excluding hydrogens is 318 g/mol. The van der Waals surface area contributed by atoms with Crippen LogP contribution < -0.4 is 9.64 Å². The number of aryl methyl sites for hydroxylation is 1. The van der Waals surface area contributed by atoms with Gasteiger partial charge in [-0.2, -0.15) is 0 Å². The maximum absolute atomic E-state index is 12.9. The van der Waals surface area contributed by atoms with E-state index in [9.17, 15) is 4.79 Å². The molecule has 1 spiro atoms. The van der Waals surface area contributed by atoms with E-state index in [2.05, 4.69) is 0 Å². The Kier molecular flexibility index (Phi) is 4.19. The first-order valence-electron chi connectivity index (χ1n) is 8.59. The summed E-state index contributed by atoms with van der Waals surface area (Å²) in [5.74, 6) is -0.534. The molecule has 0 aliphatic carbocycles. The van der Waals surface area contributed by atoms with Gasteiger partial charge in [0.05, 0.1) is 25.5 Å². The number of para-hydroxylation sites is 1. The van der Waals surface area contributed by atoms with Crippen molar-refractivity contribution in [1.29, 1.82) is 0 Å². The van der Waals surface area contributed by atoms with Gasteiger partial charge in [-0.15, -0.1) is 0 Å². The first-order chi connectivity index (χ1) is 12.2. The highest BCUT2D eigenvalue weighted by atomic mass is 16.7. The van der Waals surface area contributed by atoms with Crippen LogP contribution in [0.15, 0.2) is 48.5 Å². The van der Waals surface area contributed by atoms with Crippen LogP contribution in [-0.4, -0.2) is 32.3 Å². The molecule has 0 saturated carbocycles. The van der Waals surface area contributed by atoms with Crippen LogP contribution in [-0.2, 0) is 20.1 Å². The number of rotatable bonds is 5. The number of fused-ring (bicyclic) bond motifs is 2. The van der Waals surface area contributed by atoms with Crippen molar-refractivity contribution in [3.8, 4) is 5.75 Å². The number of anilines is 1. The molecule has 0 aromatic heterocycles. The zero-order chi connectivity index (χ0) is 17.3. The maximum atomic E-state index is 12.9. The Morgan fingerprint density at radius 1 is 1.08 bits per heavy atom. The number of amides is 1. The molecule has 25 heavy (non-hydrogen) atoms. The molecule has 0 bridgehead atoms. The summed E-state index contributed by atoms with van der Waals surface area (Å²) in [4.78, 5) is 14.7. The minimum absolute atomic E-state index is 0.137. The SMILES string of the molecule is Cc1ccc(OCCCN2C(=O)C3(OCCO3)c3ccccc32)cc1. The van der Waals surface area contributed by atoms with Crippen LogP contribution in [0, 0.1) is 6.92 Å². The maximum Gasteiger partial charge on any atom is 0.292 e. The first kappa shape index (κ1) is 16.1. The van der Waals surface area contributed by atoms with Crippen molar-refractivity contribution in [2.45, 2.75) is 19.1 Å². The summed E-state index contributed by atoms with van der Waals surface area (Å²) >= 11 is 0. The van der Waals surface area contributed by atoms with Gasteiger partial charge in [0.1, 0.15) is 5.75 Å². The van der Waals surface area contributed by atoms with Gasteiger partial charge in [0.15, 0.2) is 0 Å². The molecule has 1 amide bonds. The Hall–Kier alpha value is -2.37. The lowest BCUT2D eigenvalue weighted by molar-refractivity contribution is -0.180. The highest BCUT2D eigenvalue weighted by molar-refractivity contribution is 6.06. The quantitative estimate of drug-likeness (QED) is 0.786. The van der Waals surface area contributed by atoms with Gasteiger partial charge in [-0.05, 0) is 31.5 Å². The third-order valence-electron chi connectivity index (χ3n) is 4.59. The summed E-state index contributed by atoms with van der Waals surface area (Å²) < 4.78 is 17.2. The molecule has 4 rings (SSSR count). The third kappa shape index (κ3) is 2.79. The Labute approximate surface area is 147 Å². The zero-order valence-electron chi connectivity index (χ0n) is 14.2. The van der Waals surface area contributed by atoms with E-state index in [-0.39, 0.29) is 5.91 Å². The topological polar surface area (TPSA) is 48.0 Å². The summed E-state index contributed by atoms with van der Waals surface area (Å²) in [7, 11) is 0. The largest absolute Gasteiger partial charge is 0.494 e. The van der Waals surface area contributed by atoms with Gasteiger partial charge < -0.3 is 19.1 Å². The second kappa shape index (κ2) is 6.50. The van der Waals surface area contributed by atoms with E-state index >= 15 is 0 Å². The van der Waals surface area contributed by atoms with Gasteiger partial charge in [-0.1, -0.05) is 35.9 Å². The van der Waals surface area contributed by atoms with Gasteiger partial charge in [-0.3, -0.25) is 4.79 Å². The summed E-state index contributed by atoms with van der Waals surface area (Å²) in [6.07, 6.45) is 0.726. The average molecular weight is 339 g/mol. The van der Waals surface area contributed by atoms with Crippen molar-refractivity contribution in [3.05, 3.63) is 59.7 Å². The molecule has 0 radical (unpaired) electrons. The van der Waals surface area contributed by atoms with Crippen molar-refractivity contribution < 1.29 is 19.0 Å². The van der Waals surface area contributed by atoms with Crippen LogP contribution in [0.4, 0.5) is 5.69 Å². The standard InChI is InChI=1S/C20H21NO4/c1-15-7-9-16(10-8-15)23-12-4-11-21-18-6-3-2-5-17(18)20(19(21)22)24-13-14-25-20/h2-3,5-10H,4,11-14H2,1H3. The fourth-order valence-corrected chi connectivity index (χ4v) is 3.35. The van der Waals surface area contributed by atoms with Gasteiger partial charge >= 0.3 is 0 Å². The summed E-state index contributed by atoms with van der Waals surface area (Å²) in [5, 5.41) is 0. The minimum atomic E-state index is -1.24. The normalized spacial score (nSPS) is 18.0. The fraction of sp³-hybridized carbons (Fsp3) is 0.350. The van der Waals surface area contributed by atoms with Crippen LogP contribution in [0.2, 0.25) is 0 Å². The lowest BCUT2D eigenvalue weighted by Crippen LogP contribution is -2.41. The molecule has 0 atom stereocenters. The smallest absolute Gasteiger partial charge is 0.292 e. The highest BCUT2D eigenvalue weighted by Gasteiger charge is 2.55. The Balaban J connectivity index is 1.42. The first-order valence-corrected chi connectivity index (χ1v) is 8.59. The lowest BCUT2D eigenvalue weighted by atomic mass is 10.1. The number of carbonyl (C=O) groups excluding carboxylic acids is 1. The molecule has 2 aromatic rings.